The number of nitrogens with zero attached hydrogens (tertiary/aromatic N) is 3. The number of phenols is 1. The Bertz CT molecular complexity index is 1170. The fourth-order valence-corrected chi connectivity index (χ4v) is 2.97. The van der Waals surface area contributed by atoms with E-state index in [1.54, 1.807) is 48.0 Å². The molecular formula is C21H18N4O3. The molecule has 0 saturated heterocycles. The number of aromatic nitrogens is 3. The Morgan fingerprint density at radius 3 is 2.64 bits per heavy atom. The summed E-state index contributed by atoms with van der Waals surface area (Å²) in [7, 11) is 1.61. The van der Waals surface area contributed by atoms with E-state index in [1.807, 2.05) is 31.2 Å². The number of carbonyl (C=O) groups is 1. The van der Waals surface area contributed by atoms with E-state index in [-0.39, 0.29) is 11.7 Å². The Balaban J connectivity index is 1.71. The van der Waals surface area contributed by atoms with Crippen molar-refractivity contribution in [1.82, 2.24) is 14.6 Å². The van der Waals surface area contributed by atoms with Gasteiger partial charge < -0.3 is 15.2 Å². The molecule has 140 valence electrons. The van der Waals surface area contributed by atoms with Crippen molar-refractivity contribution >= 4 is 17.2 Å². The molecule has 0 saturated carbocycles. The average molecular weight is 374 g/mol. The molecule has 2 aromatic heterocycles. The number of hydrogen-bond acceptors (Lipinski definition) is 5. The van der Waals surface area contributed by atoms with Crippen molar-refractivity contribution in [2.24, 2.45) is 0 Å². The van der Waals surface area contributed by atoms with Gasteiger partial charge in [-0.15, -0.1) is 10.2 Å². The van der Waals surface area contributed by atoms with E-state index < -0.39 is 0 Å². The standard InChI is InChI=1S/C21H18N4O3/c1-13-5-10-18(26)17(12-13)22-21(27)16-4-3-11-25-19(23-24-20(16)25)14-6-8-15(28-2)9-7-14/h3-12,26H,1-2H3,(H,22,27). The third kappa shape index (κ3) is 3.14. The molecule has 0 fully saturated rings. The molecule has 2 heterocycles. The highest BCUT2D eigenvalue weighted by Gasteiger charge is 2.17. The summed E-state index contributed by atoms with van der Waals surface area (Å²) in [4.78, 5) is 12.8. The maximum absolute atomic E-state index is 12.8. The van der Waals surface area contributed by atoms with Gasteiger partial charge in [0.1, 0.15) is 11.5 Å². The Hall–Kier alpha value is -3.87. The number of rotatable bonds is 4. The molecule has 0 spiro atoms. The number of carbonyl (C=O) groups excluding carboxylic acids is 1. The van der Waals surface area contributed by atoms with Crippen LogP contribution < -0.4 is 10.1 Å². The first-order valence-corrected chi connectivity index (χ1v) is 8.66. The zero-order valence-electron chi connectivity index (χ0n) is 15.4. The molecule has 2 N–H and O–H groups in total. The largest absolute Gasteiger partial charge is 0.506 e. The molecule has 1 amide bonds. The number of fused-ring (bicyclic) bond motifs is 1. The normalized spacial score (nSPS) is 10.8. The number of methoxy groups -OCH3 is 1. The number of anilines is 1. The van der Waals surface area contributed by atoms with E-state index in [2.05, 4.69) is 15.5 Å². The molecule has 7 heteroatoms. The van der Waals surface area contributed by atoms with Gasteiger partial charge in [-0.2, -0.15) is 0 Å². The van der Waals surface area contributed by atoms with Crippen molar-refractivity contribution < 1.29 is 14.6 Å². The van der Waals surface area contributed by atoms with Gasteiger partial charge in [0.15, 0.2) is 11.5 Å². The predicted molar refractivity (Wildman–Crippen MR) is 106 cm³/mol. The molecule has 28 heavy (non-hydrogen) atoms. The molecular weight excluding hydrogens is 356 g/mol. The van der Waals surface area contributed by atoms with Crippen LogP contribution in [0.15, 0.2) is 60.8 Å². The Morgan fingerprint density at radius 1 is 1.11 bits per heavy atom. The van der Waals surface area contributed by atoms with E-state index >= 15 is 0 Å². The summed E-state index contributed by atoms with van der Waals surface area (Å²) in [5.41, 5.74) is 2.91. The van der Waals surface area contributed by atoms with Gasteiger partial charge in [0, 0.05) is 11.8 Å². The van der Waals surface area contributed by atoms with E-state index in [1.165, 1.54) is 0 Å². The number of nitrogens with one attached hydrogen (secondary N) is 1. The smallest absolute Gasteiger partial charge is 0.259 e. The Morgan fingerprint density at radius 2 is 1.89 bits per heavy atom. The molecule has 0 radical (unpaired) electrons. The first-order valence-electron chi connectivity index (χ1n) is 8.66. The summed E-state index contributed by atoms with van der Waals surface area (Å²) in [5, 5.41) is 21.2. The highest BCUT2D eigenvalue weighted by Crippen LogP contribution is 2.26. The summed E-state index contributed by atoms with van der Waals surface area (Å²) in [6, 6.07) is 15.9. The number of pyridine rings is 1. The lowest BCUT2D eigenvalue weighted by molar-refractivity contribution is 0.102. The third-order valence-corrected chi connectivity index (χ3v) is 4.43. The van der Waals surface area contributed by atoms with E-state index in [0.29, 0.717) is 22.7 Å². The van der Waals surface area contributed by atoms with Gasteiger partial charge in [0.2, 0.25) is 0 Å². The maximum atomic E-state index is 12.8. The third-order valence-electron chi connectivity index (χ3n) is 4.43. The fourth-order valence-electron chi connectivity index (χ4n) is 2.97. The summed E-state index contributed by atoms with van der Waals surface area (Å²) >= 11 is 0. The summed E-state index contributed by atoms with van der Waals surface area (Å²) in [5.74, 6) is 0.993. The SMILES string of the molecule is COc1ccc(-c2nnc3c(C(=O)Nc4cc(C)ccc4O)cccn23)cc1. The van der Waals surface area contributed by atoms with Crippen molar-refractivity contribution in [3.05, 3.63) is 71.9 Å². The van der Waals surface area contributed by atoms with Crippen LogP contribution in [0.1, 0.15) is 15.9 Å². The van der Waals surface area contributed by atoms with Crippen LogP contribution >= 0.6 is 0 Å². The lowest BCUT2D eigenvalue weighted by Crippen LogP contribution is -2.13. The zero-order chi connectivity index (χ0) is 19.7. The van der Waals surface area contributed by atoms with Gasteiger partial charge in [0.05, 0.1) is 18.4 Å². The second-order valence-corrected chi connectivity index (χ2v) is 6.34. The maximum Gasteiger partial charge on any atom is 0.259 e. The van der Waals surface area contributed by atoms with Crippen LogP contribution in [0.4, 0.5) is 5.69 Å². The molecule has 0 aliphatic heterocycles. The minimum Gasteiger partial charge on any atom is -0.506 e. The fraction of sp³-hybridized carbons (Fsp3) is 0.0952. The predicted octanol–water partition coefficient (Wildman–Crippen LogP) is 3.67. The van der Waals surface area contributed by atoms with E-state index in [4.69, 9.17) is 4.74 Å². The van der Waals surface area contributed by atoms with Crippen molar-refractivity contribution in [3.8, 4) is 22.9 Å². The lowest BCUT2D eigenvalue weighted by atomic mass is 10.2. The van der Waals surface area contributed by atoms with Crippen molar-refractivity contribution in [2.75, 3.05) is 12.4 Å². The van der Waals surface area contributed by atoms with E-state index in [0.717, 1.165) is 16.9 Å². The monoisotopic (exact) mass is 374 g/mol. The molecule has 0 atom stereocenters. The molecule has 0 bridgehead atoms. The molecule has 4 aromatic rings. The van der Waals surface area contributed by atoms with Crippen molar-refractivity contribution in [2.45, 2.75) is 6.92 Å². The van der Waals surface area contributed by atoms with Crippen LogP contribution in [0.5, 0.6) is 11.5 Å². The van der Waals surface area contributed by atoms with Gasteiger partial charge >= 0.3 is 0 Å². The van der Waals surface area contributed by atoms with Gasteiger partial charge in [-0.05, 0) is 61.0 Å². The molecule has 0 unspecified atom stereocenters. The van der Waals surface area contributed by atoms with Crippen LogP contribution in [0.3, 0.4) is 0 Å². The quantitative estimate of drug-likeness (QED) is 0.532. The number of benzene rings is 2. The number of aromatic hydroxyl groups is 1. The topological polar surface area (TPSA) is 88.8 Å². The molecule has 2 aromatic carbocycles. The van der Waals surface area contributed by atoms with Gasteiger partial charge in [-0.25, -0.2) is 0 Å². The average Bonchev–Trinajstić information content (AvgIpc) is 3.15. The number of ether oxygens (including phenoxy) is 1. The first kappa shape index (κ1) is 17.5. The summed E-state index contributed by atoms with van der Waals surface area (Å²) < 4.78 is 6.94. The van der Waals surface area contributed by atoms with E-state index in [9.17, 15) is 9.90 Å². The first-order chi connectivity index (χ1) is 13.6. The van der Waals surface area contributed by atoms with Crippen LogP contribution in [-0.2, 0) is 0 Å². The molecule has 0 aliphatic carbocycles. The zero-order valence-corrected chi connectivity index (χ0v) is 15.4. The molecule has 4 rings (SSSR count). The number of aryl methyl sites for hydroxylation is 1. The van der Waals surface area contributed by atoms with Crippen LogP contribution in [0.2, 0.25) is 0 Å². The molecule has 7 nitrogen and oxygen atoms in total. The summed E-state index contributed by atoms with van der Waals surface area (Å²) in [6.45, 7) is 1.88. The van der Waals surface area contributed by atoms with Gasteiger partial charge in [0.25, 0.3) is 5.91 Å². The van der Waals surface area contributed by atoms with Crippen LogP contribution in [-0.4, -0.2) is 32.7 Å². The van der Waals surface area contributed by atoms with Crippen LogP contribution in [0, 0.1) is 6.92 Å². The minimum atomic E-state index is -0.375. The summed E-state index contributed by atoms with van der Waals surface area (Å²) in [6.07, 6.45) is 1.80. The van der Waals surface area contributed by atoms with Gasteiger partial charge in [-0.3, -0.25) is 9.20 Å². The van der Waals surface area contributed by atoms with Crippen LogP contribution in [0.25, 0.3) is 17.0 Å². The second kappa shape index (κ2) is 7.03. The second-order valence-electron chi connectivity index (χ2n) is 6.34. The lowest BCUT2D eigenvalue weighted by Gasteiger charge is -2.09. The number of amides is 1. The van der Waals surface area contributed by atoms with Crippen molar-refractivity contribution in [3.63, 3.8) is 0 Å². The number of phenolic OH excluding ortho intramolecular Hbond substituents is 1. The Labute approximate surface area is 161 Å². The minimum absolute atomic E-state index is 0.00582. The van der Waals surface area contributed by atoms with Gasteiger partial charge in [-0.1, -0.05) is 6.07 Å². The van der Waals surface area contributed by atoms with Crippen molar-refractivity contribution in [1.29, 1.82) is 0 Å². The Kier molecular flexibility index (Phi) is 4.41. The highest BCUT2D eigenvalue weighted by atomic mass is 16.5. The number of hydrogen-bond donors (Lipinski definition) is 2. The highest BCUT2D eigenvalue weighted by molar-refractivity contribution is 6.08. The molecule has 0 aliphatic rings.